The van der Waals surface area contributed by atoms with Gasteiger partial charge in [0, 0.05) is 13.1 Å². The summed E-state index contributed by atoms with van der Waals surface area (Å²) in [6, 6.07) is 15.3. The van der Waals surface area contributed by atoms with Crippen molar-refractivity contribution in [1.82, 2.24) is 9.97 Å². The molecule has 0 unspecified atom stereocenters. The molecule has 0 aliphatic carbocycles. The second kappa shape index (κ2) is 9.23. The molecular formula is C26H24N4O3S. The number of esters is 1. The van der Waals surface area contributed by atoms with Gasteiger partial charge in [0.2, 0.25) is 0 Å². The number of hydrogen-bond donors (Lipinski definition) is 1. The lowest BCUT2D eigenvalue weighted by Gasteiger charge is -2.30. The van der Waals surface area contributed by atoms with Gasteiger partial charge in [0.05, 0.1) is 28.1 Å². The number of rotatable bonds is 5. The minimum atomic E-state index is -0.468. The van der Waals surface area contributed by atoms with Crippen LogP contribution in [0.1, 0.15) is 43.6 Å². The summed E-state index contributed by atoms with van der Waals surface area (Å²) >= 11 is 1.33. The number of hydrogen-bond acceptors (Lipinski definition) is 7. The van der Waals surface area contributed by atoms with Crippen molar-refractivity contribution in [2.24, 2.45) is 0 Å². The molecule has 5 rings (SSSR count). The first-order valence-electron chi connectivity index (χ1n) is 11.2. The van der Waals surface area contributed by atoms with Gasteiger partial charge in [0.25, 0.3) is 5.91 Å². The molecule has 34 heavy (non-hydrogen) atoms. The average Bonchev–Trinajstić information content (AvgIpc) is 3.21. The van der Waals surface area contributed by atoms with Crippen molar-refractivity contribution < 1.29 is 14.3 Å². The van der Waals surface area contributed by atoms with Crippen LogP contribution in [0.25, 0.3) is 10.2 Å². The van der Waals surface area contributed by atoms with Crippen molar-refractivity contribution >= 4 is 44.9 Å². The molecular weight excluding hydrogens is 448 g/mol. The molecule has 0 fully saturated rings. The molecule has 0 saturated carbocycles. The van der Waals surface area contributed by atoms with Crippen LogP contribution in [0.15, 0.2) is 54.9 Å². The van der Waals surface area contributed by atoms with E-state index in [4.69, 9.17) is 4.74 Å². The molecule has 2 aromatic carbocycles. The summed E-state index contributed by atoms with van der Waals surface area (Å²) in [6.45, 7) is 5.56. The Balaban J connectivity index is 1.47. The number of aryl methyl sites for hydroxylation is 1. The lowest BCUT2D eigenvalue weighted by molar-refractivity contribution is 0.0527. The Bertz CT molecular complexity index is 1400. The van der Waals surface area contributed by atoms with E-state index in [0.29, 0.717) is 16.1 Å². The highest BCUT2D eigenvalue weighted by atomic mass is 32.1. The highest BCUT2D eigenvalue weighted by Gasteiger charge is 2.25. The molecule has 172 valence electrons. The van der Waals surface area contributed by atoms with Gasteiger partial charge in [-0.25, -0.2) is 14.8 Å². The molecule has 0 bridgehead atoms. The first-order chi connectivity index (χ1) is 16.6. The standard InChI is InChI=1S/C26H24N4O3S/c1-3-33-26(32)19-10-6-7-11-20(19)29-24(31)22-16(2)21-23(27-15-28-25(21)34-22)30-13-12-17-8-4-5-9-18(17)14-30/h4-11,15H,3,12-14H2,1-2H3,(H,29,31). The van der Waals surface area contributed by atoms with Crippen LogP contribution in [-0.4, -0.2) is 35.0 Å². The van der Waals surface area contributed by atoms with Crippen LogP contribution in [0.4, 0.5) is 11.5 Å². The Hall–Kier alpha value is -3.78. The maximum atomic E-state index is 13.3. The molecule has 3 heterocycles. The Morgan fingerprint density at radius 3 is 2.68 bits per heavy atom. The molecule has 7 nitrogen and oxygen atoms in total. The normalized spacial score (nSPS) is 12.9. The third-order valence-electron chi connectivity index (χ3n) is 6.01. The number of nitrogens with one attached hydrogen (secondary N) is 1. The van der Waals surface area contributed by atoms with E-state index in [2.05, 4.69) is 44.5 Å². The number of nitrogens with zero attached hydrogens (tertiary/aromatic N) is 3. The molecule has 0 radical (unpaired) electrons. The second-order valence-electron chi connectivity index (χ2n) is 8.09. The van der Waals surface area contributed by atoms with Gasteiger partial charge < -0.3 is 15.0 Å². The first-order valence-corrected chi connectivity index (χ1v) is 12.0. The van der Waals surface area contributed by atoms with Crippen LogP contribution in [-0.2, 0) is 17.7 Å². The van der Waals surface area contributed by atoms with E-state index in [-0.39, 0.29) is 12.5 Å². The fourth-order valence-electron chi connectivity index (χ4n) is 4.34. The van der Waals surface area contributed by atoms with Gasteiger partial charge in [-0.3, -0.25) is 4.79 Å². The minimum Gasteiger partial charge on any atom is -0.462 e. The van der Waals surface area contributed by atoms with Crippen molar-refractivity contribution in [2.45, 2.75) is 26.8 Å². The summed E-state index contributed by atoms with van der Waals surface area (Å²) < 4.78 is 5.12. The first kappa shape index (κ1) is 22.0. The Kier molecular flexibility index (Phi) is 5.98. The van der Waals surface area contributed by atoms with Crippen molar-refractivity contribution in [3.63, 3.8) is 0 Å². The van der Waals surface area contributed by atoms with Crippen LogP contribution in [0.5, 0.6) is 0 Å². The van der Waals surface area contributed by atoms with Crippen LogP contribution in [0.3, 0.4) is 0 Å². The third-order valence-corrected chi connectivity index (χ3v) is 7.21. The zero-order valence-electron chi connectivity index (χ0n) is 19.0. The summed E-state index contributed by atoms with van der Waals surface area (Å²) in [5.74, 6) is 0.0939. The highest BCUT2D eigenvalue weighted by Crippen LogP contribution is 2.37. The van der Waals surface area contributed by atoms with Crippen LogP contribution in [0.2, 0.25) is 0 Å². The maximum absolute atomic E-state index is 13.3. The fraction of sp³-hybridized carbons (Fsp3) is 0.231. The molecule has 8 heteroatoms. The quantitative estimate of drug-likeness (QED) is 0.412. The smallest absolute Gasteiger partial charge is 0.340 e. The monoisotopic (exact) mass is 472 g/mol. The van der Waals surface area contributed by atoms with Crippen LogP contribution in [0, 0.1) is 6.92 Å². The van der Waals surface area contributed by atoms with E-state index >= 15 is 0 Å². The zero-order valence-corrected chi connectivity index (χ0v) is 19.8. The number of benzene rings is 2. The van der Waals surface area contributed by atoms with Gasteiger partial charge in [-0.2, -0.15) is 0 Å². The van der Waals surface area contributed by atoms with Crippen molar-refractivity contribution in [2.75, 3.05) is 23.4 Å². The number of aromatic nitrogens is 2. The molecule has 1 amide bonds. The van der Waals surface area contributed by atoms with E-state index in [0.717, 1.165) is 41.1 Å². The fourth-order valence-corrected chi connectivity index (χ4v) is 5.38. The number of ether oxygens (including phenoxy) is 1. The average molecular weight is 473 g/mol. The largest absolute Gasteiger partial charge is 0.462 e. The SMILES string of the molecule is CCOC(=O)c1ccccc1NC(=O)c1sc2ncnc(N3CCc4ccccc4C3)c2c1C. The van der Waals surface area contributed by atoms with E-state index in [1.807, 2.05) is 6.92 Å². The van der Waals surface area contributed by atoms with Crippen molar-refractivity contribution in [1.29, 1.82) is 0 Å². The number of para-hydroxylation sites is 1. The minimum absolute atomic E-state index is 0.263. The third kappa shape index (κ3) is 4.01. The summed E-state index contributed by atoms with van der Waals surface area (Å²) in [7, 11) is 0. The molecule has 0 spiro atoms. The van der Waals surface area contributed by atoms with Gasteiger partial charge in [-0.05, 0) is 49.1 Å². The van der Waals surface area contributed by atoms with Gasteiger partial charge in [-0.1, -0.05) is 36.4 Å². The van der Waals surface area contributed by atoms with E-state index < -0.39 is 5.97 Å². The summed E-state index contributed by atoms with van der Waals surface area (Å²) in [5.41, 5.74) is 4.24. The number of fused-ring (bicyclic) bond motifs is 2. The van der Waals surface area contributed by atoms with Gasteiger partial charge in [-0.15, -0.1) is 11.3 Å². The van der Waals surface area contributed by atoms with Crippen LogP contribution >= 0.6 is 11.3 Å². The van der Waals surface area contributed by atoms with Crippen molar-refractivity contribution in [3.8, 4) is 0 Å². The topological polar surface area (TPSA) is 84.4 Å². The lowest BCUT2D eigenvalue weighted by atomic mass is 9.99. The molecule has 1 N–H and O–H groups in total. The highest BCUT2D eigenvalue weighted by molar-refractivity contribution is 7.20. The molecule has 0 atom stereocenters. The Morgan fingerprint density at radius 1 is 1.09 bits per heavy atom. The van der Waals surface area contributed by atoms with E-state index in [9.17, 15) is 9.59 Å². The lowest BCUT2D eigenvalue weighted by Crippen LogP contribution is -2.31. The van der Waals surface area contributed by atoms with E-state index in [1.165, 1.54) is 22.5 Å². The molecule has 1 aliphatic rings. The predicted octanol–water partition coefficient (Wildman–Crippen LogP) is 4.99. The summed E-state index contributed by atoms with van der Waals surface area (Å²) in [6.07, 6.45) is 2.51. The molecule has 4 aromatic rings. The molecule has 1 aliphatic heterocycles. The van der Waals surface area contributed by atoms with Crippen LogP contribution < -0.4 is 10.2 Å². The zero-order chi connectivity index (χ0) is 23.7. The predicted molar refractivity (Wildman–Crippen MR) is 134 cm³/mol. The number of carbonyl (C=O) groups excluding carboxylic acids is 2. The Labute approximate surface area is 201 Å². The second-order valence-corrected chi connectivity index (χ2v) is 9.09. The van der Waals surface area contributed by atoms with Crippen molar-refractivity contribution in [3.05, 3.63) is 82.0 Å². The maximum Gasteiger partial charge on any atom is 0.340 e. The molecule has 2 aromatic heterocycles. The summed E-state index contributed by atoms with van der Waals surface area (Å²) in [5, 5.41) is 3.79. The number of carbonyl (C=O) groups is 2. The van der Waals surface area contributed by atoms with Gasteiger partial charge in [0.1, 0.15) is 17.0 Å². The number of anilines is 2. The van der Waals surface area contributed by atoms with Gasteiger partial charge in [0.15, 0.2) is 0 Å². The van der Waals surface area contributed by atoms with Gasteiger partial charge >= 0.3 is 5.97 Å². The number of amides is 1. The Morgan fingerprint density at radius 2 is 1.85 bits per heavy atom. The number of thiophene rings is 1. The summed E-state index contributed by atoms with van der Waals surface area (Å²) in [4.78, 5) is 38.2. The van der Waals surface area contributed by atoms with E-state index in [1.54, 1.807) is 37.5 Å². The molecule has 0 saturated heterocycles.